The molecule has 1 saturated carbocycles. The van der Waals surface area contributed by atoms with Crippen molar-refractivity contribution in [2.45, 2.75) is 31.6 Å². The van der Waals surface area contributed by atoms with E-state index in [1.807, 2.05) is 18.2 Å². The summed E-state index contributed by atoms with van der Waals surface area (Å²) < 4.78 is 0. The molecule has 0 bridgehead atoms. The van der Waals surface area contributed by atoms with Crippen LogP contribution in [-0.4, -0.2) is 9.97 Å². The second-order valence-electron chi connectivity index (χ2n) is 4.61. The first kappa shape index (κ1) is 10.8. The molecule has 0 radical (unpaired) electrons. The van der Waals surface area contributed by atoms with Crippen LogP contribution in [0, 0.1) is 0 Å². The highest BCUT2D eigenvalue weighted by Crippen LogP contribution is 2.37. The average molecular weight is 248 g/mol. The minimum atomic E-state index is 0.363. The molecule has 3 rings (SSSR count). The van der Waals surface area contributed by atoms with Gasteiger partial charge >= 0.3 is 0 Å². The molecule has 2 N–H and O–H groups in total. The standard InChI is InChI=1S/C13H14ClN3/c14-9-5-6-11-10(7-9)12(17-13(15)16-11)8-3-1-2-4-8/h5-8H,1-4H2,(H2,15,16,17). The van der Waals surface area contributed by atoms with E-state index < -0.39 is 0 Å². The van der Waals surface area contributed by atoms with Gasteiger partial charge in [-0.05, 0) is 31.0 Å². The summed E-state index contributed by atoms with van der Waals surface area (Å²) in [5, 5.41) is 1.78. The van der Waals surface area contributed by atoms with Gasteiger partial charge in [-0.1, -0.05) is 24.4 Å². The molecule has 17 heavy (non-hydrogen) atoms. The molecule has 1 aliphatic rings. The van der Waals surface area contributed by atoms with Crippen LogP contribution in [0.5, 0.6) is 0 Å². The Bertz CT molecular complexity index is 562. The molecule has 0 saturated heterocycles. The van der Waals surface area contributed by atoms with E-state index in [4.69, 9.17) is 17.3 Å². The van der Waals surface area contributed by atoms with Crippen LogP contribution in [0.25, 0.3) is 10.9 Å². The molecule has 2 aromatic rings. The van der Waals surface area contributed by atoms with Gasteiger partial charge in [-0.3, -0.25) is 0 Å². The normalized spacial score (nSPS) is 16.8. The van der Waals surface area contributed by atoms with Crippen molar-refractivity contribution in [3.8, 4) is 0 Å². The minimum absolute atomic E-state index is 0.363. The second kappa shape index (κ2) is 4.15. The highest BCUT2D eigenvalue weighted by Gasteiger charge is 2.21. The molecule has 88 valence electrons. The van der Waals surface area contributed by atoms with E-state index in [-0.39, 0.29) is 0 Å². The number of benzene rings is 1. The van der Waals surface area contributed by atoms with E-state index in [1.54, 1.807) is 0 Å². The van der Waals surface area contributed by atoms with Gasteiger partial charge < -0.3 is 5.73 Å². The minimum Gasteiger partial charge on any atom is -0.368 e. The fraction of sp³-hybridized carbons (Fsp3) is 0.385. The number of fused-ring (bicyclic) bond motifs is 1. The Kier molecular flexibility index (Phi) is 2.63. The second-order valence-corrected chi connectivity index (χ2v) is 5.05. The average Bonchev–Trinajstić information content (AvgIpc) is 2.82. The molecule has 0 amide bonds. The van der Waals surface area contributed by atoms with Gasteiger partial charge in [-0.15, -0.1) is 0 Å². The molecule has 4 heteroatoms. The Labute approximate surface area is 105 Å². The predicted molar refractivity (Wildman–Crippen MR) is 70.2 cm³/mol. The van der Waals surface area contributed by atoms with Gasteiger partial charge in [0.1, 0.15) is 0 Å². The molecule has 1 aromatic heterocycles. The van der Waals surface area contributed by atoms with Crippen molar-refractivity contribution in [1.82, 2.24) is 9.97 Å². The zero-order valence-electron chi connectivity index (χ0n) is 9.49. The number of nitrogens with two attached hydrogens (primary N) is 1. The largest absolute Gasteiger partial charge is 0.368 e. The van der Waals surface area contributed by atoms with Gasteiger partial charge in [0.25, 0.3) is 0 Å². The molecule has 1 fully saturated rings. The van der Waals surface area contributed by atoms with E-state index >= 15 is 0 Å². The lowest BCUT2D eigenvalue weighted by Gasteiger charge is -2.12. The van der Waals surface area contributed by atoms with E-state index in [2.05, 4.69) is 9.97 Å². The molecular formula is C13H14ClN3. The number of hydrogen-bond acceptors (Lipinski definition) is 3. The van der Waals surface area contributed by atoms with Crippen molar-refractivity contribution < 1.29 is 0 Å². The molecule has 3 nitrogen and oxygen atoms in total. The van der Waals surface area contributed by atoms with Crippen LogP contribution in [0.3, 0.4) is 0 Å². The zero-order chi connectivity index (χ0) is 11.8. The zero-order valence-corrected chi connectivity index (χ0v) is 10.2. The Morgan fingerprint density at radius 3 is 2.71 bits per heavy atom. The van der Waals surface area contributed by atoms with Crippen molar-refractivity contribution in [2.24, 2.45) is 0 Å². The van der Waals surface area contributed by atoms with Gasteiger partial charge in [0.05, 0.1) is 11.2 Å². The third-order valence-corrected chi connectivity index (χ3v) is 3.68. The fourth-order valence-corrected chi connectivity index (χ4v) is 2.83. The summed E-state index contributed by atoms with van der Waals surface area (Å²) in [5.74, 6) is 0.878. The smallest absolute Gasteiger partial charge is 0.220 e. The highest BCUT2D eigenvalue weighted by molar-refractivity contribution is 6.31. The van der Waals surface area contributed by atoms with E-state index in [9.17, 15) is 0 Å². The van der Waals surface area contributed by atoms with Crippen LogP contribution >= 0.6 is 11.6 Å². The van der Waals surface area contributed by atoms with Crippen LogP contribution in [0.4, 0.5) is 5.95 Å². The summed E-state index contributed by atoms with van der Waals surface area (Å²) in [6, 6.07) is 5.70. The van der Waals surface area contributed by atoms with Crippen LogP contribution in [-0.2, 0) is 0 Å². The first-order valence-electron chi connectivity index (χ1n) is 5.97. The van der Waals surface area contributed by atoms with Gasteiger partial charge in [-0.2, -0.15) is 0 Å². The van der Waals surface area contributed by atoms with Crippen molar-refractivity contribution in [1.29, 1.82) is 0 Å². The first-order chi connectivity index (χ1) is 8.24. The Morgan fingerprint density at radius 1 is 1.18 bits per heavy atom. The summed E-state index contributed by atoms with van der Waals surface area (Å²) in [5.41, 5.74) is 7.74. The van der Waals surface area contributed by atoms with E-state index in [0.717, 1.165) is 21.6 Å². The van der Waals surface area contributed by atoms with Crippen LogP contribution in [0.1, 0.15) is 37.3 Å². The van der Waals surface area contributed by atoms with Crippen molar-refractivity contribution in [3.63, 3.8) is 0 Å². The lowest BCUT2D eigenvalue weighted by Crippen LogP contribution is -2.04. The van der Waals surface area contributed by atoms with Crippen molar-refractivity contribution >= 4 is 28.5 Å². The number of aromatic nitrogens is 2. The molecule has 1 aliphatic carbocycles. The third kappa shape index (κ3) is 1.95. The van der Waals surface area contributed by atoms with E-state index in [1.165, 1.54) is 25.7 Å². The summed E-state index contributed by atoms with van der Waals surface area (Å²) in [6.45, 7) is 0. The summed E-state index contributed by atoms with van der Waals surface area (Å²) in [7, 11) is 0. The number of halogens is 1. The molecule has 1 aromatic carbocycles. The topological polar surface area (TPSA) is 51.8 Å². The molecular weight excluding hydrogens is 234 g/mol. The van der Waals surface area contributed by atoms with Gasteiger partial charge in [0.2, 0.25) is 5.95 Å². The summed E-state index contributed by atoms with van der Waals surface area (Å²) >= 11 is 6.05. The fourth-order valence-electron chi connectivity index (χ4n) is 2.65. The lowest BCUT2D eigenvalue weighted by atomic mass is 9.99. The highest BCUT2D eigenvalue weighted by atomic mass is 35.5. The van der Waals surface area contributed by atoms with Gasteiger partial charge in [-0.25, -0.2) is 9.97 Å². The maximum Gasteiger partial charge on any atom is 0.220 e. The van der Waals surface area contributed by atoms with E-state index in [0.29, 0.717) is 11.9 Å². The third-order valence-electron chi connectivity index (χ3n) is 3.45. The van der Waals surface area contributed by atoms with Gasteiger partial charge in [0, 0.05) is 16.3 Å². The molecule has 0 atom stereocenters. The summed E-state index contributed by atoms with van der Waals surface area (Å²) in [6.07, 6.45) is 4.93. The van der Waals surface area contributed by atoms with Crippen molar-refractivity contribution in [3.05, 3.63) is 28.9 Å². The maximum atomic E-state index is 6.05. The summed E-state index contributed by atoms with van der Waals surface area (Å²) in [4.78, 5) is 8.69. The Hall–Kier alpha value is -1.35. The number of rotatable bonds is 1. The number of nitrogen functional groups attached to an aromatic ring is 1. The molecule has 0 unspecified atom stereocenters. The van der Waals surface area contributed by atoms with Crippen LogP contribution in [0.2, 0.25) is 5.02 Å². The predicted octanol–water partition coefficient (Wildman–Crippen LogP) is 3.52. The number of nitrogens with zero attached hydrogens (tertiary/aromatic N) is 2. The van der Waals surface area contributed by atoms with Crippen molar-refractivity contribution in [2.75, 3.05) is 5.73 Å². The quantitative estimate of drug-likeness (QED) is 0.839. The number of hydrogen-bond donors (Lipinski definition) is 1. The maximum absolute atomic E-state index is 6.05. The molecule has 0 spiro atoms. The first-order valence-corrected chi connectivity index (χ1v) is 6.34. The Balaban J connectivity index is 2.23. The van der Waals surface area contributed by atoms with Crippen LogP contribution in [0.15, 0.2) is 18.2 Å². The lowest BCUT2D eigenvalue weighted by molar-refractivity contribution is 0.704. The molecule has 0 aliphatic heterocycles. The van der Waals surface area contributed by atoms with Gasteiger partial charge in [0.15, 0.2) is 0 Å². The monoisotopic (exact) mass is 247 g/mol. The Morgan fingerprint density at radius 2 is 1.94 bits per heavy atom. The number of anilines is 1. The van der Waals surface area contributed by atoms with Crippen LogP contribution < -0.4 is 5.73 Å². The SMILES string of the molecule is Nc1nc(C2CCCC2)c2cc(Cl)ccc2n1. The molecule has 1 heterocycles.